The van der Waals surface area contributed by atoms with Gasteiger partial charge in [-0.25, -0.2) is 4.39 Å². The van der Waals surface area contributed by atoms with E-state index in [1.807, 2.05) is 19.1 Å². The third-order valence-corrected chi connectivity index (χ3v) is 4.37. The maximum Gasteiger partial charge on any atom is 0.127 e. The Morgan fingerprint density at radius 3 is 2.44 bits per heavy atom. The second-order valence-electron chi connectivity index (χ2n) is 4.60. The first-order chi connectivity index (χ1) is 8.59. The summed E-state index contributed by atoms with van der Waals surface area (Å²) < 4.78 is 13.7. The molecule has 1 nitrogen and oxygen atoms in total. The van der Waals surface area contributed by atoms with Crippen LogP contribution in [0.5, 0.6) is 0 Å². The Bertz CT molecular complexity index is 521. The first-order valence-corrected chi connectivity index (χ1v) is 7.02. The van der Waals surface area contributed by atoms with E-state index in [0.717, 1.165) is 5.56 Å². The van der Waals surface area contributed by atoms with Crippen molar-refractivity contribution in [3.05, 3.63) is 57.5 Å². The van der Waals surface area contributed by atoms with Crippen LogP contribution in [0.2, 0.25) is 0 Å². The average molecular weight is 263 g/mol. The van der Waals surface area contributed by atoms with Gasteiger partial charge >= 0.3 is 0 Å². The second kappa shape index (κ2) is 5.63. The molecule has 18 heavy (non-hydrogen) atoms. The lowest BCUT2D eigenvalue weighted by molar-refractivity contribution is 0.477. The van der Waals surface area contributed by atoms with Gasteiger partial charge in [-0.05, 0) is 43.8 Å². The number of benzene rings is 1. The van der Waals surface area contributed by atoms with Crippen molar-refractivity contribution in [1.29, 1.82) is 0 Å². The van der Waals surface area contributed by atoms with Crippen LogP contribution in [-0.4, -0.2) is 0 Å². The number of halogens is 1. The van der Waals surface area contributed by atoms with E-state index in [2.05, 4.69) is 30.6 Å². The molecule has 0 aliphatic rings. The molecular weight excluding hydrogens is 245 g/mol. The van der Waals surface area contributed by atoms with Crippen molar-refractivity contribution in [1.82, 2.24) is 5.32 Å². The molecule has 2 unspecified atom stereocenters. The molecule has 0 aliphatic heterocycles. The maximum absolute atomic E-state index is 13.7. The van der Waals surface area contributed by atoms with Crippen molar-refractivity contribution in [2.24, 2.45) is 0 Å². The lowest BCUT2D eigenvalue weighted by Gasteiger charge is -2.20. The van der Waals surface area contributed by atoms with E-state index in [9.17, 15) is 4.39 Å². The molecule has 2 atom stereocenters. The predicted molar refractivity (Wildman–Crippen MR) is 75.4 cm³/mol. The van der Waals surface area contributed by atoms with E-state index in [0.29, 0.717) is 0 Å². The molecule has 1 heterocycles. The van der Waals surface area contributed by atoms with Gasteiger partial charge in [0, 0.05) is 22.5 Å². The molecule has 0 amide bonds. The summed E-state index contributed by atoms with van der Waals surface area (Å²) in [6.45, 7) is 6.23. The summed E-state index contributed by atoms with van der Waals surface area (Å²) >= 11 is 1.74. The van der Waals surface area contributed by atoms with Gasteiger partial charge in [0.1, 0.15) is 5.82 Å². The van der Waals surface area contributed by atoms with Crippen LogP contribution in [0.3, 0.4) is 0 Å². The first kappa shape index (κ1) is 13.2. The second-order valence-corrected chi connectivity index (χ2v) is 5.55. The number of nitrogens with one attached hydrogen (secondary N) is 1. The Morgan fingerprint density at radius 1 is 1.11 bits per heavy atom. The van der Waals surface area contributed by atoms with Crippen LogP contribution in [-0.2, 0) is 0 Å². The largest absolute Gasteiger partial charge is 0.303 e. The quantitative estimate of drug-likeness (QED) is 0.849. The highest BCUT2D eigenvalue weighted by Crippen LogP contribution is 2.26. The van der Waals surface area contributed by atoms with Gasteiger partial charge in [-0.2, -0.15) is 0 Å². The van der Waals surface area contributed by atoms with E-state index in [1.54, 1.807) is 17.4 Å². The maximum atomic E-state index is 13.7. The van der Waals surface area contributed by atoms with Gasteiger partial charge in [-0.3, -0.25) is 0 Å². The molecule has 0 aliphatic carbocycles. The normalized spacial score (nSPS) is 14.4. The number of aryl methyl sites for hydroxylation is 1. The van der Waals surface area contributed by atoms with Crippen molar-refractivity contribution in [2.45, 2.75) is 32.9 Å². The summed E-state index contributed by atoms with van der Waals surface area (Å²) in [6, 6.07) is 9.29. The van der Waals surface area contributed by atoms with Crippen LogP contribution < -0.4 is 5.32 Å². The molecule has 2 aromatic rings. The molecule has 1 aromatic heterocycles. The highest BCUT2D eigenvalue weighted by Gasteiger charge is 2.15. The molecule has 0 saturated heterocycles. The molecular formula is C15H18FNS. The predicted octanol–water partition coefficient (Wildman–Crippen LogP) is 4.61. The average Bonchev–Trinajstić information content (AvgIpc) is 2.76. The van der Waals surface area contributed by atoms with E-state index in [1.165, 1.54) is 16.5 Å². The Hall–Kier alpha value is -1.19. The van der Waals surface area contributed by atoms with Crippen LogP contribution in [0.25, 0.3) is 0 Å². The van der Waals surface area contributed by atoms with Gasteiger partial charge in [0.05, 0.1) is 0 Å². The Kier molecular flexibility index (Phi) is 4.15. The molecule has 0 saturated carbocycles. The Labute approximate surface area is 112 Å². The van der Waals surface area contributed by atoms with Gasteiger partial charge in [-0.1, -0.05) is 18.2 Å². The SMILES string of the molecule is Cc1ccsc1C(C)NC(C)c1ccccc1F. The van der Waals surface area contributed by atoms with Gasteiger partial charge in [0.25, 0.3) is 0 Å². The van der Waals surface area contributed by atoms with E-state index >= 15 is 0 Å². The highest BCUT2D eigenvalue weighted by atomic mass is 32.1. The van der Waals surface area contributed by atoms with Crippen LogP contribution in [0.1, 0.15) is 41.9 Å². The van der Waals surface area contributed by atoms with Gasteiger partial charge in [0.15, 0.2) is 0 Å². The van der Waals surface area contributed by atoms with Crippen molar-refractivity contribution in [3.8, 4) is 0 Å². The molecule has 2 rings (SSSR count). The number of hydrogen-bond donors (Lipinski definition) is 1. The topological polar surface area (TPSA) is 12.0 Å². The summed E-state index contributed by atoms with van der Waals surface area (Å²) in [4.78, 5) is 1.32. The van der Waals surface area contributed by atoms with Crippen LogP contribution >= 0.6 is 11.3 Å². The number of hydrogen-bond acceptors (Lipinski definition) is 2. The molecule has 0 radical (unpaired) electrons. The summed E-state index contributed by atoms with van der Waals surface area (Å²) in [6.07, 6.45) is 0. The summed E-state index contributed by atoms with van der Waals surface area (Å²) in [7, 11) is 0. The lowest BCUT2D eigenvalue weighted by atomic mass is 10.1. The van der Waals surface area contributed by atoms with Crippen molar-refractivity contribution < 1.29 is 4.39 Å². The minimum absolute atomic E-state index is 0.00250. The summed E-state index contributed by atoms with van der Waals surface area (Å²) in [5, 5.41) is 5.54. The molecule has 3 heteroatoms. The smallest absolute Gasteiger partial charge is 0.127 e. The van der Waals surface area contributed by atoms with Crippen molar-refractivity contribution >= 4 is 11.3 Å². The van der Waals surface area contributed by atoms with E-state index < -0.39 is 0 Å². The third kappa shape index (κ3) is 2.79. The van der Waals surface area contributed by atoms with Gasteiger partial charge in [0.2, 0.25) is 0 Å². The van der Waals surface area contributed by atoms with Crippen molar-refractivity contribution in [2.75, 3.05) is 0 Å². The zero-order valence-corrected chi connectivity index (χ0v) is 11.7. The minimum Gasteiger partial charge on any atom is -0.303 e. The zero-order valence-electron chi connectivity index (χ0n) is 10.9. The lowest BCUT2D eigenvalue weighted by Crippen LogP contribution is -2.23. The molecule has 0 spiro atoms. The van der Waals surface area contributed by atoms with E-state index in [4.69, 9.17) is 0 Å². The number of thiophene rings is 1. The van der Waals surface area contributed by atoms with Gasteiger partial charge < -0.3 is 5.32 Å². The fourth-order valence-corrected chi connectivity index (χ4v) is 3.14. The zero-order chi connectivity index (χ0) is 13.1. The van der Waals surface area contributed by atoms with Crippen LogP contribution in [0.15, 0.2) is 35.7 Å². The van der Waals surface area contributed by atoms with E-state index in [-0.39, 0.29) is 17.9 Å². The monoisotopic (exact) mass is 263 g/mol. The number of rotatable bonds is 4. The van der Waals surface area contributed by atoms with Crippen LogP contribution in [0, 0.1) is 12.7 Å². The summed E-state index contributed by atoms with van der Waals surface area (Å²) in [5.74, 6) is -0.146. The standard InChI is InChI=1S/C15H18FNS/c1-10-8-9-18-15(10)12(3)17-11(2)13-6-4-5-7-14(13)16/h4-9,11-12,17H,1-3H3. The Morgan fingerprint density at radius 2 is 1.83 bits per heavy atom. The van der Waals surface area contributed by atoms with Gasteiger partial charge in [-0.15, -0.1) is 11.3 Å². The highest BCUT2D eigenvalue weighted by molar-refractivity contribution is 7.10. The molecule has 0 fully saturated rings. The fraction of sp³-hybridized carbons (Fsp3) is 0.333. The third-order valence-electron chi connectivity index (χ3n) is 3.17. The Balaban J connectivity index is 2.11. The molecule has 1 aromatic carbocycles. The fourth-order valence-electron chi connectivity index (χ4n) is 2.19. The molecule has 1 N–H and O–H groups in total. The molecule has 0 bridgehead atoms. The van der Waals surface area contributed by atoms with Crippen LogP contribution in [0.4, 0.5) is 4.39 Å². The van der Waals surface area contributed by atoms with Crippen molar-refractivity contribution in [3.63, 3.8) is 0 Å². The summed E-state index contributed by atoms with van der Waals surface area (Å²) in [5.41, 5.74) is 2.01. The molecule has 96 valence electrons. The first-order valence-electron chi connectivity index (χ1n) is 6.14. The minimum atomic E-state index is -0.146.